The fraction of sp³-hybridized carbons (Fsp3) is 1.00. The first-order valence-corrected chi connectivity index (χ1v) is 6.79. The lowest BCUT2D eigenvalue weighted by Crippen LogP contribution is -2.63. The van der Waals surface area contributed by atoms with Crippen molar-refractivity contribution >= 4 is 0 Å². The van der Waals surface area contributed by atoms with E-state index in [1.165, 1.54) is 64.5 Å². The Bertz CT molecular complexity index is 225. The van der Waals surface area contributed by atoms with E-state index in [-0.39, 0.29) is 0 Å². The van der Waals surface area contributed by atoms with Gasteiger partial charge in [0.15, 0.2) is 0 Å². The number of nitrogens with zero attached hydrogens (tertiary/aromatic N) is 1. The van der Waals surface area contributed by atoms with Crippen molar-refractivity contribution in [1.29, 1.82) is 0 Å². The van der Waals surface area contributed by atoms with Crippen molar-refractivity contribution in [3.8, 4) is 0 Å². The maximum absolute atomic E-state index is 6.23. The van der Waals surface area contributed by atoms with Gasteiger partial charge in [0.05, 0.1) is 0 Å². The van der Waals surface area contributed by atoms with E-state index < -0.39 is 0 Å². The standard InChI is InChI=1S/C13H24N2/c14-11-5-1-2-6-12(11)15-9-13(10-15)7-3-4-8-13/h11-12H,1-10,14H2/t11-,12-/m1/s1. The number of rotatable bonds is 1. The summed E-state index contributed by atoms with van der Waals surface area (Å²) in [7, 11) is 0. The SMILES string of the molecule is N[C@@H]1CCCC[C@H]1N1CC2(CCCC2)C1. The first kappa shape index (κ1) is 10.1. The molecule has 0 aromatic heterocycles. The summed E-state index contributed by atoms with van der Waals surface area (Å²) in [5.41, 5.74) is 6.98. The van der Waals surface area contributed by atoms with E-state index in [1.807, 2.05) is 0 Å². The van der Waals surface area contributed by atoms with Crippen LogP contribution in [0.3, 0.4) is 0 Å². The largest absolute Gasteiger partial charge is 0.326 e. The van der Waals surface area contributed by atoms with Gasteiger partial charge in [-0.2, -0.15) is 0 Å². The van der Waals surface area contributed by atoms with Crippen LogP contribution in [0, 0.1) is 5.41 Å². The quantitative estimate of drug-likeness (QED) is 0.715. The van der Waals surface area contributed by atoms with Crippen LogP contribution in [0.1, 0.15) is 51.4 Å². The Morgan fingerprint density at radius 1 is 0.933 bits per heavy atom. The van der Waals surface area contributed by atoms with E-state index in [4.69, 9.17) is 5.73 Å². The monoisotopic (exact) mass is 208 g/mol. The van der Waals surface area contributed by atoms with Gasteiger partial charge < -0.3 is 5.73 Å². The van der Waals surface area contributed by atoms with Crippen LogP contribution in [-0.2, 0) is 0 Å². The summed E-state index contributed by atoms with van der Waals surface area (Å²) >= 11 is 0. The molecule has 1 saturated heterocycles. The molecular weight excluding hydrogens is 184 g/mol. The van der Waals surface area contributed by atoms with Crippen molar-refractivity contribution in [2.45, 2.75) is 63.5 Å². The average molecular weight is 208 g/mol. The van der Waals surface area contributed by atoms with Gasteiger partial charge in [0, 0.05) is 25.2 Å². The second-order valence-corrected chi connectivity index (χ2v) is 6.13. The zero-order valence-corrected chi connectivity index (χ0v) is 9.75. The third-order valence-electron chi connectivity index (χ3n) is 4.99. The fourth-order valence-corrected chi connectivity index (χ4v) is 4.08. The lowest BCUT2D eigenvalue weighted by Gasteiger charge is -2.54. The van der Waals surface area contributed by atoms with Crippen molar-refractivity contribution in [2.24, 2.45) is 11.1 Å². The molecule has 3 aliphatic rings. The summed E-state index contributed by atoms with van der Waals surface area (Å²) in [5, 5.41) is 0. The zero-order chi connectivity index (χ0) is 10.3. The molecule has 0 radical (unpaired) electrons. The fourth-order valence-electron chi connectivity index (χ4n) is 4.08. The second kappa shape index (κ2) is 3.74. The Labute approximate surface area is 93.2 Å². The van der Waals surface area contributed by atoms with Gasteiger partial charge in [-0.05, 0) is 31.1 Å². The molecule has 15 heavy (non-hydrogen) atoms. The average Bonchev–Trinajstić information content (AvgIpc) is 2.65. The Balaban J connectivity index is 1.57. The van der Waals surface area contributed by atoms with E-state index >= 15 is 0 Å². The lowest BCUT2D eigenvalue weighted by atomic mass is 9.75. The molecule has 2 atom stereocenters. The van der Waals surface area contributed by atoms with Gasteiger partial charge in [0.1, 0.15) is 0 Å². The van der Waals surface area contributed by atoms with Crippen LogP contribution in [0.2, 0.25) is 0 Å². The highest BCUT2D eigenvalue weighted by atomic mass is 15.2. The van der Waals surface area contributed by atoms with Crippen LogP contribution in [0.4, 0.5) is 0 Å². The Hall–Kier alpha value is -0.0800. The summed E-state index contributed by atoms with van der Waals surface area (Å²) in [4.78, 5) is 2.69. The normalized spacial score (nSPS) is 40.6. The van der Waals surface area contributed by atoms with Gasteiger partial charge in [-0.1, -0.05) is 25.7 Å². The highest BCUT2D eigenvalue weighted by Crippen LogP contribution is 2.47. The van der Waals surface area contributed by atoms with Gasteiger partial charge in [0.2, 0.25) is 0 Å². The smallest absolute Gasteiger partial charge is 0.0247 e. The Morgan fingerprint density at radius 2 is 1.60 bits per heavy atom. The number of likely N-dealkylation sites (tertiary alicyclic amines) is 1. The molecule has 1 heterocycles. The van der Waals surface area contributed by atoms with Gasteiger partial charge in [-0.3, -0.25) is 4.90 Å². The number of nitrogens with two attached hydrogens (primary N) is 1. The maximum atomic E-state index is 6.23. The van der Waals surface area contributed by atoms with E-state index in [2.05, 4.69) is 4.90 Å². The van der Waals surface area contributed by atoms with Crippen molar-refractivity contribution in [2.75, 3.05) is 13.1 Å². The minimum absolute atomic E-state index is 0.470. The van der Waals surface area contributed by atoms with E-state index in [0.29, 0.717) is 6.04 Å². The van der Waals surface area contributed by atoms with Crippen molar-refractivity contribution in [1.82, 2.24) is 4.90 Å². The van der Waals surface area contributed by atoms with Crippen LogP contribution in [0.25, 0.3) is 0 Å². The Kier molecular flexibility index (Phi) is 2.52. The molecule has 2 saturated carbocycles. The molecule has 0 bridgehead atoms. The third-order valence-corrected chi connectivity index (χ3v) is 4.99. The van der Waals surface area contributed by atoms with E-state index in [9.17, 15) is 0 Å². The first-order valence-electron chi connectivity index (χ1n) is 6.79. The van der Waals surface area contributed by atoms with Crippen LogP contribution >= 0.6 is 0 Å². The van der Waals surface area contributed by atoms with Gasteiger partial charge in [-0.15, -0.1) is 0 Å². The van der Waals surface area contributed by atoms with Crippen LogP contribution < -0.4 is 5.73 Å². The van der Waals surface area contributed by atoms with Crippen molar-refractivity contribution in [3.63, 3.8) is 0 Å². The predicted molar refractivity (Wildman–Crippen MR) is 62.7 cm³/mol. The molecule has 2 nitrogen and oxygen atoms in total. The zero-order valence-electron chi connectivity index (χ0n) is 9.75. The molecule has 2 N–H and O–H groups in total. The topological polar surface area (TPSA) is 29.3 Å². The molecule has 3 fully saturated rings. The lowest BCUT2D eigenvalue weighted by molar-refractivity contribution is -0.0425. The highest BCUT2D eigenvalue weighted by molar-refractivity contribution is 5.02. The van der Waals surface area contributed by atoms with E-state index in [0.717, 1.165) is 11.5 Å². The predicted octanol–water partition coefficient (Wildman–Crippen LogP) is 2.13. The van der Waals surface area contributed by atoms with Gasteiger partial charge >= 0.3 is 0 Å². The number of hydrogen-bond donors (Lipinski definition) is 1. The van der Waals surface area contributed by atoms with Crippen molar-refractivity contribution in [3.05, 3.63) is 0 Å². The van der Waals surface area contributed by atoms with E-state index in [1.54, 1.807) is 0 Å². The van der Waals surface area contributed by atoms with Crippen LogP contribution in [0.5, 0.6) is 0 Å². The molecule has 0 unspecified atom stereocenters. The van der Waals surface area contributed by atoms with Gasteiger partial charge in [0.25, 0.3) is 0 Å². The number of hydrogen-bond acceptors (Lipinski definition) is 2. The molecule has 0 aromatic rings. The summed E-state index contributed by atoms with van der Waals surface area (Å²) in [6.07, 6.45) is 11.3. The maximum Gasteiger partial charge on any atom is 0.0247 e. The summed E-state index contributed by atoms with van der Waals surface area (Å²) in [6, 6.07) is 1.20. The van der Waals surface area contributed by atoms with Crippen molar-refractivity contribution < 1.29 is 0 Å². The molecular formula is C13H24N2. The molecule has 0 aromatic carbocycles. The van der Waals surface area contributed by atoms with Crippen LogP contribution in [-0.4, -0.2) is 30.1 Å². The summed E-state index contributed by atoms with van der Waals surface area (Å²) in [6.45, 7) is 2.73. The minimum Gasteiger partial charge on any atom is -0.326 e. The van der Waals surface area contributed by atoms with Crippen LogP contribution in [0.15, 0.2) is 0 Å². The third kappa shape index (κ3) is 1.72. The summed E-state index contributed by atoms with van der Waals surface area (Å²) in [5.74, 6) is 0. The Morgan fingerprint density at radius 3 is 2.27 bits per heavy atom. The molecule has 1 spiro atoms. The summed E-state index contributed by atoms with van der Waals surface area (Å²) < 4.78 is 0. The molecule has 0 amide bonds. The van der Waals surface area contributed by atoms with Gasteiger partial charge in [-0.25, -0.2) is 0 Å². The molecule has 1 aliphatic heterocycles. The molecule has 3 rings (SSSR count). The molecule has 2 heteroatoms. The molecule has 86 valence electrons. The molecule has 2 aliphatic carbocycles. The second-order valence-electron chi connectivity index (χ2n) is 6.13. The first-order chi connectivity index (χ1) is 7.29. The highest BCUT2D eigenvalue weighted by Gasteiger charge is 2.47. The minimum atomic E-state index is 0.470.